The van der Waals surface area contributed by atoms with Gasteiger partial charge in [0.05, 0.1) is 6.04 Å². The van der Waals surface area contributed by atoms with E-state index in [9.17, 15) is 4.79 Å². The molecule has 1 aromatic carbocycles. The van der Waals surface area contributed by atoms with E-state index in [0.717, 1.165) is 25.0 Å². The van der Waals surface area contributed by atoms with Gasteiger partial charge in [0.2, 0.25) is 10.1 Å². The number of nitrogens with zero attached hydrogens (tertiary/aromatic N) is 3. The summed E-state index contributed by atoms with van der Waals surface area (Å²) in [5, 5.41) is 8.48. The van der Waals surface area contributed by atoms with Crippen molar-refractivity contribution >= 4 is 21.4 Å². The van der Waals surface area contributed by atoms with Gasteiger partial charge in [0.25, 0.3) is 5.56 Å². The standard InChI is InChI=1S/C17H18N4O2S/c1-11-4-6-12(7-5-11)15-13(3-2-10-23-15)19-16-20-21-14(22)8-9-18-17(21)24-16/h4-9,13,15H,2-3,10H2,1H3,(H,19,20)/t13-,15+/m1/s1. The quantitative estimate of drug-likeness (QED) is 0.793. The van der Waals surface area contributed by atoms with E-state index in [0.29, 0.717) is 10.1 Å². The highest BCUT2D eigenvalue weighted by atomic mass is 32.1. The van der Waals surface area contributed by atoms with Crippen molar-refractivity contribution in [1.29, 1.82) is 0 Å². The van der Waals surface area contributed by atoms with E-state index in [4.69, 9.17) is 4.74 Å². The molecule has 1 N–H and O–H groups in total. The molecule has 1 aliphatic rings. The molecule has 0 spiro atoms. The predicted octanol–water partition coefficient (Wildman–Crippen LogP) is 2.79. The lowest BCUT2D eigenvalue weighted by Gasteiger charge is -2.32. The molecular weight excluding hydrogens is 324 g/mol. The summed E-state index contributed by atoms with van der Waals surface area (Å²) < 4.78 is 7.35. The first-order valence-electron chi connectivity index (χ1n) is 8.00. The van der Waals surface area contributed by atoms with Crippen LogP contribution in [0.4, 0.5) is 5.13 Å². The van der Waals surface area contributed by atoms with Crippen LogP contribution in [-0.2, 0) is 4.74 Å². The van der Waals surface area contributed by atoms with Crippen molar-refractivity contribution in [2.75, 3.05) is 11.9 Å². The van der Waals surface area contributed by atoms with Gasteiger partial charge in [-0.25, -0.2) is 4.98 Å². The second-order valence-electron chi connectivity index (χ2n) is 5.98. The Hall–Kier alpha value is -2.25. The second-order valence-corrected chi connectivity index (χ2v) is 6.94. The Balaban J connectivity index is 1.61. The van der Waals surface area contributed by atoms with Gasteiger partial charge in [0.15, 0.2) is 0 Å². The van der Waals surface area contributed by atoms with Crippen molar-refractivity contribution < 1.29 is 4.74 Å². The summed E-state index contributed by atoms with van der Waals surface area (Å²) in [6, 6.07) is 9.97. The first-order valence-corrected chi connectivity index (χ1v) is 8.82. The molecule has 0 radical (unpaired) electrons. The number of rotatable bonds is 3. The molecule has 0 unspecified atom stereocenters. The number of nitrogens with one attached hydrogen (secondary N) is 1. The minimum Gasteiger partial charge on any atom is -0.371 e. The van der Waals surface area contributed by atoms with Gasteiger partial charge in [-0.15, -0.1) is 5.10 Å². The van der Waals surface area contributed by atoms with Crippen LogP contribution in [0.25, 0.3) is 4.96 Å². The Morgan fingerprint density at radius 1 is 1.29 bits per heavy atom. The molecule has 0 amide bonds. The summed E-state index contributed by atoms with van der Waals surface area (Å²) >= 11 is 1.38. The Morgan fingerprint density at radius 2 is 2.12 bits per heavy atom. The highest BCUT2D eigenvalue weighted by Crippen LogP contribution is 2.31. The Labute approximate surface area is 143 Å². The van der Waals surface area contributed by atoms with Gasteiger partial charge < -0.3 is 10.1 Å². The molecule has 0 aliphatic carbocycles. The van der Waals surface area contributed by atoms with Crippen LogP contribution in [-0.4, -0.2) is 27.2 Å². The van der Waals surface area contributed by atoms with Gasteiger partial charge in [-0.3, -0.25) is 4.79 Å². The van der Waals surface area contributed by atoms with Gasteiger partial charge in [-0.1, -0.05) is 41.2 Å². The fourth-order valence-electron chi connectivity index (χ4n) is 2.97. The molecule has 124 valence electrons. The van der Waals surface area contributed by atoms with Crippen molar-refractivity contribution in [3.8, 4) is 0 Å². The van der Waals surface area contributed by atoms with E-state index in [1.807, 2.05) is 0 Å². The van der Waals surface area contributed by atoms with Crippen molar-refractivity contribution in [2.45, 2.75) is 31.9 Å². The first-order chi connectivity index (χ1) is 11.7. The number of hydrogen-bond acceptors (Lipinski definition) is 6. The van der Waals surface area contributed by atoms with E-state index in [1.54, 1.807) is 0 Å². The number of hydrogen-bond donors (Lipinski definition) is 1. The molecule has 2 atom stereocenters. The summed E-state index contributed by atoms with van der Waals surface area (Å²) in [6.07, 6.45) is 3.49. The summed E-state index contributed by atoms with van der Waals surface area (Å²) in [6.45, 7) is 2.84. The Kier molecular flexibility index (Phi) is 4.03. The lowest BCUT2D eigenvalue weighted by Crippen LogP contribution is -2.33. The van der Waals surface area contributed by atoms with Gasteiger partial charge in [0.1, 0.15) is 6.10 Å². The molecule has 0 bridgehead atoms. The molecule has 0 saturated carbocycles. The smallest absolute Gasteiger partial charge is 0.275 e. The van der Waals surface area contributed by atoms with Crippen molar-refractivity contribution in [3.63, 3.8) is 0 Å². The molecule has 3 heterocycles. The Morgan fingerprint density at radius 3 is 2.92 bits per heavy atom. The SMILES string of the molecule is Cc1ccc([C@@H]2OCCC[C@H]2Nc2nn3c(=O)ccnc3s2)cc1. The zero-order valence-electron chi connectivity index (χ0n) is 13.3. The summed E-state index contributed by atoms with van der Waals surface area (Å²) in [7, 11) is 0. The third-order valence-electron chi connectivity index (χ3n) is 4.21. The number of ether oxygens (including phenoxy) is 1. The molecule has 2 aromatic heterocycles. The van der Waals surface area contributed by atoms with Crippen LogP contribution in [0.1, 0.15) is 30.1 Å². The van der Waals surface area contributed by atoms with Gasteiger partial charge in [0, 0.05) is 18.9 Å². The van der Waals surface area contributed by atoms with Crippen LogP contribution in [0.2, 0.25) is 0 Å². The topological polar surface area (TPSA) is 68.5 Å². The van der Waals surface area contributed by atoms with Gasteiger partial charge in [-0.05, 0) is 25.3 Å². The fraction of sp³-hybridized carbons (Fsp3) is 0.353. The monoisotopic (exact) mass is 342 g/mol. The molecule has 7 heteroatoms. The number of benzene rings is 1. The van der Waals surface area contributed by atoms with E-state index in [2.05, 4.69) is 46.6 Å². The molecule has 1 saturated heterocycles. The van der Waals surface area contributed by atoms with Crippen LogP contribution in [0.5, 0.6) is 0 Å². The lowest BCUT2D eigenvalue weighted by atomic mass is 9.95. The molecule has 4 rings (SSSR count). The number of anilines is 1. The summed E-state index contributed by atoms with van der Waals surface area (Å²) in [4.78, 5) is 16.6. The molecule has 24 heavy (non-hydrogen) atoms. The lowest BCUT2D eigenvalue weighted by molar-refractivity contribution is 0.00562. The van der Waals surface area contributed by atoms with Gasteiger partial charge in [-0.2, -0.15) is 4.52 Å². The van der Waals surface area contributed by atoms with Crippen LogP contribution < -0.4 is 10.9 Å². The normalized spacial score (nSPS) is 21.0. The first kappa shape index (κ1) is 15.3. The second kappa shape index (κ2) is 6.33. The van der Waals surface area contributed by atoms with Crippen LogP contribution in [0.3, 0.4) is 0 Å². The fourth-order valence-corrected chi connectivity index (χ4v) is 3.81. The average molecular weight is 342 g/mol. The largest absolute Gasteiger partial charge is 0.371 e. The van der Waals surface area contributed by atoms with Crippen LogP contribution in [0, 0.1) is 6.92 Å². The maximum absolute atomic E-state index is 11.8. The van der Waals surface area contributed by atoms with Crippen molar-refractivity contribution in [2.24, 2.45) is 0 Å². The van der Waals surface area contributed by atoms with E-state index in [-0.39, 0.29) is 17.7 Å². The zero-order valence-corrected chi connectivity index (χ0v) is 14.1. The third-order valence-corrected chi connectivity index (χ3v) is 5.06. The highest BCUT2D eigenvalue weighted by Gasteiger charge is 2.28. The van der Waals surface area contributed by atoms with E-state index >= 15 is 0 Å². The minimum absolute atomic E-state index is 0.0176. The number of aryl methyl sites for hydroxylation is 1. The summed E-state index contributed by atoms with van der Waals surface area (Å²) in [5.74, 6) is 0. The minimum atomic E-state index is -0.167. The molecular formula is C17H18N4O2S. The highest BCUT2D eigenvalue weighted by molar-refractivity contribution is 7.20. The van der Waals surface area contributed by atoms with E-state index < -0.39 is 0 Å². The molecule has 3 aromatic rings. The number of fused-ring (bicyclic) bond motifs is 1. The molecule has 6 nitrogen and oxygen atoms in total. The zero-order chi connectivity index (χ0) is 16.5. The van der Waals surface area contributed by atoms with E-state index in [1.165, 1.54) is 33.7 Å². The molecule has 1 aliphatic heterocycles. The third kappa shape index (κ3) is 2.92. The maximum atomic E-state index is 11.8. The van der Waals surface area contributed by atoms with Crippen LogP contribution >= 0.6 is 11.3 Å². The maximum Gasteiger partial charge on any atom is 0.275 e. The molecule has 1 fully saturated rings. The predicted molar refractivity (Wildman–Crippen MR) is 93.7 cm³/mol. The van der Waals surface area contributed by atoms with Crippen molar-refractivity contribution in [3.05, 3.63) is 58.0 Å². The van der Waals surface area contributed by atoms with Gasteiger partial charge >= 0.3 is 0 Å². The Bertz CT molecular complexity index is 903. The summed E-state index contributed by atoms with van der Waals surface area (Å²) in [5.41, 5.74) is 2.23. The van der Waals surface area contributed by atoms with Crippen molar-refractivity contribution in [1.82, 2.24) is 14.6 Å². The average Bonchev–Trinajstić information content (AvgIpc) is 3.00. The van der Waals surface area contributed by atoms with Crippen LogP contribution in [0.15, 0.2) is 41.3 Å². The number of aromatic nitrogens is 3.